The zero-order valence-corrected chi connectivity index (χ0v) is 16.6. The lowest BCUT2D eigenvalue weighted by atomic mass is 9.82. The molecule has 0 saturated carbocycles. The summed E-state index contributed by atoms with van der Waals surface area (Å²) in [6.07, 6.45) is 0. The van der Waals surface area contributed by atoms with Crippen LogP contribution in [0.4, 0.5) is 5.69 Å². The molecule has 0 bridgehead atoms. The number of phenols is 1. The lowest BCUT2D eigenvalue weighted by Gasteiger charge is -2.21. The van der Waals surface area contributed by atoms with Gasteiger partial charge >= 0.3 is 0 Å². The number of nitrogens with zero attached hydrogens (tertiary/aromatic N) is 1. The number of thioether (sulfide) groups is 1. The largest absolute Gasteiger partial charge is 0.507 e. The molecular weight excluding hydrogens is 440 g/mol. The van der Waals surface area contributed by atoms with E-state index in [1.54, 1.807) is 24.3 Å². The topological polar surface area (TPSA) is 92.8 Å². The first-order valence-electron chi connectivity index (χ1n) is 7.65. The molecule has 0 amide bonds. The molecule has 2 aromatic carbocycles. The van der Waals surface area contributed by atoms with Crippen LogP contribution in [0.1, 0.15) is 31.8 Å². The Balaban J connectivity index is 2.32. The van der Waals surface area contributed by atoms with Crippen molar-refractivity contribution < 1.29 is 14.7 Å². The Hall–Kier alpha value is -1.83. The molecule has 3 rings (SSSR count). The van der Waals surface area contributed by atoms with Gasteiger partial charge in [0.05, 0.1) is 22.7 Å². The van der Waals surface area contributed by atoms with Crippen molar-refractivity contribution in [2.45, 2.75) is 4.90 Å². The fourth-order valence-electron chi connectivity index (χ4n) is 2.78. The Labute approximate surface area is 167 Å². The van der Waals surface area contributed by atoms with E-state index >= 15 is 0 Å². The van der Waals surface area contributed by atoms with Gasteiger partial charge in [0.25, 0.3) is 0 Å². The van der Waals surface area contributed by atoms with Crippen molar-refractivity contribution in [1.82, 2.24) is 0 Å². The molecule has 1 aliphatic rings. The van der Waals surface area contributed by atoms with Crippen molar-refractivity contribution in [2.24, 2.45) is 10.7 Å². The van der Waals surface area contributed by atoms with Crippen molar-refractivity contribution >= 4 is 62.4 Å². The van der Waals surface area contributed by atoms with E-state index in [-0.39, 0.29) is 51.2 Å². The average Bonchev–Trinajstić information content (AvgIpc) is 2.65. The van der Waals surface area contributed by atoms with Gasteiger partial charge in [0.15, 0.2) is 11.6 Å². The number of amidine groups is 1. The summed E-state index contributed by atoms with van der Waals surface area (Å²) < 4.78 is 0. The van der Waals surface area contributed by atoms with Crippen LogP contribution in [-0.2, 0) is 0 Å². The van der Waals surface area contributed by atoms with Gasteiger partial charge in [-0.1, -0.05) is 40.2 Å². The summed E-state index contributed by atoms with van der Waals surface area (Å²) in [5.41, 5.74) is 6.64. The van der Waals surface area contributed by atoms with E-state index in [1.165, 1.54) is 17.8 Å². The van der Waals surface area contributed by atoms with Gasteiger partial charge < -0.3 is 10.8 Å². The van der Waals surface area contributed by atoms with Crippen LogP contribution >= 0.6 is 39.3 Å². The van der Waals surface area contributed by atoms with Gasteiger partial charge in [-0.05, 0) is 6.07 Å². The normalized spacial score (nSPS) is 13.5. The maximum Gasteiger partial charge on any atom is 0.198 e. The van der Waals surface area contributed by atoms with E-state index in [9.17, 15) is 14.7 Å². The summed E-state index contributed by atoms with van der Waals surface area (Å²) in [7, 11) is 0. The van der Waals surface area contributed by atoms with Crippen LogP contribution in [0.3, 0.4) is 0 Å². The predicted molar refractivity (Wildman–Crippen MR) is 108 cm³/mol. The Morgan fingerprint density at radius 2 is 1.81 bits per heavy atom. The maximum atomic E-state index is 13.1. The molecule has 134 valence electrons. The van der Waals surface area contributed by atoms with Crippen LogP contribution in [0.5, 0.6) is 5.75 Å². The number of aliphatic imine (C=N–C) groups is 1. The van der Waals surface area contributed by atoms with Gasteiger partial charge in [0, 0.05) is 27.1 Å². The molecular formula is C18H14BrClN2O3S. The van der Waals surface area contributed by atoms with E-state index in [0.717, 1.165) is 0 Å². The number of ketones is 2. The molecule has 0 saturated heterocycles. The van der Waals surface area contributed by atoms with E-state index in [4.69, 9.17) is 17.3 Å². The minimum absolute atomic E-state index is 0.0169. The van der Waals surface area contributed by atoms with Crippen LogP contribution in [0.15, 0.2) is 40.2 Å². The second-order valence-corrected chi connectivity index (χ2v) is 7.67. The third kappa shape index (κ3) is 3.26. The lowest BCUT2D eigenvalue weighted by molar-refractivity contribution is 0.0977. The van der Waals surface area contributed by atoms with E-state index in [2.05, 4.69) is 20.9 Å². The third-order valence-electron chi connectivity index (χ3n) is 3.84. The van der Waals surface area contributed by atoms with Crippen molar-refractivity contribution in [3.05, 3.63) is 52.6 Å². The number of aromatic hydroxyl groups is 1. The molecule has 0 aromatic heterocycles. The van der Waals surface area contributed by atoms with Crippen molar-refractivity contribution in [3.63, 3.8) is 0 Å². The van der Waals surface area contributed by atoms with E-state index in [0.29, 0.717) is 16.0 Å². The summed E-state index contributed by atoms with van der Waals surface area (Å²) in [6.45, 7) is 0. The highest BCUT2D eigenvalue weighted by atomic mass is 79.9. The number of hydrogen-bond acceptors (Lipinski definition) is 5. The summed E-state index contributed by atoms with van der Waals surface area (Å²) in [6, 6.07) is 7.98. The molecule has 1 aliphatic carbocycles. The van der Waals surface area contributed by atoms with Crippen LogP contribution < -0.4 is 5.73 Å². The number of phenolic OH excluding ortho intramolecular Hbond substituents is 1. The summed E-state index contributed by atoms with van der Waals surface area (Å²) >= 11 is 10.5. The number of alkyl halides is 2. The first kappa shape index (κ1) is 18.9. The number of halogens is 2. The highest BCUT2D eigenvalue weighted by Crippen LogP contribution is 2.44. The first-order chi connectivity index (χ1) is 12.5. The monoisotopic (exact) mass is 452 g/mol. The van der Waals surface area contributed by atoms with Gasteiger partial charge in [0.2, 0.25) is 0 Å². The van der Waals surface area contributed by atoms with Gasteiger partial charge in [-0.15, -0.1) is 23.4 Å². The number of benzene rings is 2. The highest BCUT2D eigenvalue weighted by molar-refractivity contribution is 9.09. The second-order valence-electron chi connectivity index (χ2n) is 5.47. The standard InChI is InChI=1S/C18H14BrClN2O3S/c19-5-6-26-12-7-11(23)14-15(16(12)22-13(21)8-20)18(25)10-4-2-1-3-9(10)17(14)24/h1-4,7,23H,5-6,8H2,(H2,21,22). The van der Waals surface area contributed by atoms with Crippen LogP contribution in [0.25, 0.3) is 0 Å². The Kier molecular flexibility index (Phi) is 5.70. The van der Waals surface area contributed by atoms with Crippen molar-refractivity contribution in [3.8, 4) is 5.75 Å². The molecule has 0 fully saturated rings. The van der Waals surface area contributed by atoms with Gasteiger partial charge in [-0.3, -0.25) is 9.59 Å². The molecule has 8 heteroatoms. The third-order valence-corrected chi connectivity index (χ3v) is 6.07. The minimum Gasteiger partial charge on any atom is -0.507 e. The quantitative estimate of drug-likeness (QED) is 0.265. The first-order valence-corrected chi connectivity index (χ1v) is 10.3. The lowest BCUT2D eigenvalue weighted by Crippen LogP contribution is -2.22. The zero-order valence-electron chi connectivity index (χ0n) is 13.5. The number of nitrogens with two attached hydrogens (primary N) is 1. The zero-order chi connectivity index (χ0) is 18.8. The molecule has 26 heavy (non-hydrogen) atoms. The smallest absolute Gasteiger partial charge is 0.198 e. The Morgan fingerprint density at radius 3 is 2.38 bits per heavy atom. The van der Waals surface area contributed by atoms with Gasteiger partial charge in [-0.25, -0.2) is 4.99 Å². The van der Waals surface area contributed by atoms with E-state index in [1.807, 2.05) is 0 Å². The molecule has 0 heterocycles. The fraction of sp³-hybridized carbons (Fsp3) is 0.167. The molecule has 2 aromatic rings. The molecule has 5 nitrogen and oxygen atoms in total. The maximum absolute atomic E-state index is 13.1. The van der Waals surface area contributed by atoms with E-state index < -0.39 is 5.78 Å². The molecule has 3 N–H and O–H groups in total. The summed E-state index contributed by atoms with van der Waals surface area (Å²) in [5.74, 6) is -0.233. The molecule has 0 atom stereocenters. The molecule has 0 aliphatic heterocycles. The summed E-state index contributed by atoms with van der Waals surface area (Å²) in [4.78, 5) is 30.8. The van der Waals surface area contributed by atoms with Gasteiger partial charge in [-0.2, -0.15) is 0 Å². The fourth-order valence-corrected chi connectivity index (χ4v) is 4.10. The van der Waals surface area contributed by atoms with Crippen LogP contribution in [0, 0.1) is 0 Å². The molecule has 0 spiro atoms. The Morgan fingerprint density at radius 1 is 1.19 bits per heavy atom. The number of carbonyl (C=O) groups is 2. The molecule has 0 unspecified atom stereocenters. The number of carbonyl (C=O) groups excluding carboxylic acids is 2. The van der Waals surface area contributed by atoms with Gasteiger partial charge in [0.1, 0.15) is 11.6 Å². The highest BCUT2D eigenvalue weighted by Gasteiger charge is 2.35. The number of rotatable bonds is 5. The minimum atomic E-state index is -0.411. The predicted octanol–water partition coefficient (Wildman–Crippen LogP) is 3.88. The average molecular weight is 454 g/mol. The Bertz CT molecular complexity index is 946. The SMILES string of the molecule is NC(CCl)=Nc1c(SCCBr)cc(O)c2c1C(=O)c1ccccc1C2=O. The second kappa shape index (κ2) is 7.82. The summed E-state index contributed by atoms with van der Waals surface area (Å²) in [5, 5.41) is 11.2. The van der Waals surface area contributed by atoms with Crippen LogP contribution in [-0.4, -0.2) is 39.5 Å². The molecule has 0 radical (unpaired) electrons. The van der Waals surface area contributed by atoms with Crippen LogP contribution in [0.2, 0.25) is 0 Å². The van der Waals surface area contributed by atoms with Crippen molar-refractivity contribution in [2.75, 3.05) is 17.0 Å². The number of fused-ring (bicyclic) bond motifs is 2. The number of hydrogen-bond donors (Lipinski definition) is 2. The van der Waals surface area contributed by atoms with Crippen molar-refractivity contribution in [1.29, 1.82) is 0 Å².